The predicted octanol–water partition coefficient (Wildman–Crippen LogP) is -12.0. The van der Waals surface area contributed by atoms with Crippen LogP contribution in [0.4, 0.5) is 0 Å². The Morgan fingerprint density at radius 3 is 1.24 bits per heavy atom. The lowest BCUT2D eigenvalue weighted by Crippen LogP contribution is -2.68. The zero-order chi connectivity index (χ0) is 46.3. The van der Waals surface area contributed by atoms with E-state index in [1.165, 1.54) is 0 Å². The second-order valence-corrected chi connectivity index (χ2v) is 15.2. The maximum absolute atomic E-state index is 12.0. The van der Waals surface area contributed by atoms with E-state index in [-0.39, 0.29) is 0 Å². The lowest BCUT2D eigenvalue weighted by Gasteiger charge is -2.48. The Hall–Kier alpha value is -2.02. The summed E-state index contributed by atoms with van der Waals surface area (Å²) in [6.07, 6.45) is -41.8. The highest BCUT2D eigenvalue weighted by Gasteiger charge is 2.54. The molecule has 0 aromatic carbocycles. The van der Waals surface area contributed by atoms with Gasteiger partial charge in [0.2, 0.25) is 11.8 Å². The van der Waals surface area contributed by atoms with Gasteiger partial charge < -0.3 is 130 Å². The van der Waals surface area contributed by atoms with Gasteiger partial charge >= 0.3 is 0 Å². The molecule has 62 heavy (non-hydrogen) atoms. The van der Waals surface area contributed by atoms with Crippen molar-refractivity contribution in [3.05, 3.63) is 0 Å². The van der Waals surface area contributed by atoms with Gasteiger partial charge in [0, 0.05) is 13.8 Å². The molecule has 4 rings (SSSR count). The number of rotatable bonds is 19. The van der Waals surface area contributed by atoms with Crippen LogP contribution in [0.2, 0.25) is 0 Å². The number of carbonyl (C=O) groups is 2. The standard InChI is InChI=1S/C34H60N2O26/c1-9(42)35-17-24(51)20(47)13(4-38)56-31(17)61-29-26(53)22(49)15(6-40)58-33(29)55-8-12(45)19(46)28(11(44)3-37)60-34-30(27(54)23(50)16(7-41)59-34)62-32-18(36-10(2)43)25(52)21(48)14(5-39)57-32/h11-34,37-41,44-54H,3-8H2,1-2H3,(H,35,42)(H,36,43)/t11-,12-,13-,14-,15-,16-,17-,18-,19-,20-,21-,22-,23-,24-,25-,26+,27+,28-,29+,30+,31+,32+,33+,34-/m1/s1. The molecule has 0 radical (unpaired) electrons. The summed E-state index contributed by atoms with van der Waals surface area (Å²) in [7, 11) is 0. The fourth-order valence-corrected chi connectivity index (χ4v) is 7.30. The van der Waals surface area contributed by atoms with Gasteiger partial charge in [0.05, 0.1) is 39.6 Å². The first-order valence-electron chi connectivity index (χ1n) is 19.5. The number of hydrogen-bond acceptors (Lipinski definition) is 26. The van der Waals surface area contributed by atoms with Gasteiger partial charge in [0.15, 0.2) is 25.2 Å². The quantitative estimate of drug-likeness (QED) is 0.0572. The Labute approximate surface area is 352 Å². The molecule has 0 saturated carbocycles. The Balaban J connectivity index is 1.57. The molecule has 0 spiro atoms. The number of hydrogen-bond donors (Lipinski definition) is 18. The van der Waals surface area contributed by atoms with Crippen LogP contribution in [0.25, 0.3) is 0 Å². The number of amides is 2. The topological polar surface area (TPSA) is 456 Å². The molecule has 4 saturated heterocycles. The lowest BCUT2D eigenvalue weighted by molar-refractivity contribution is -0.369. The molecule has 0 bridgehead atoms. The molecule has 0 aliphatic carbocycles. The number of carbonyl (C=O) groups excluding carboxylic acids is 2. The largest absolute Gasteiger partial charge is 0.394 e. The highest BCUT2D eigenvalue weighted by atomic mass is 16.8. The van der Waals surface area contributed by atoms with Gasteiger partial charge in [-0.2, -0.15) is 0 Å². The van der Waals surface area contributed by atoms with Crippen LogP contribution in [0.5, 0.6) is 0 Å². The smallest absolute Gasteiger partial charge is 0.217 e. The summed E-state index contributed by atoms with van der Waals surface area (Å²) >= 11 is 0. The van der Waals surface area contributed by atoms with Crippen molar-refractivity contribution in [2.75, 3.05) is 39.6 Å². The van der Waals surface area contributed by atoms with E-state index in [9.17, 15) is 91.3 Å². The molecule has 2 amide bonds. The second kappa shape index (κ2) is 23.4. The Morgan fingerprint density at radius 1 is 0.516 bits per heavy atom. The SMILES string of the molecule is CC(=O)N[C@H]1[C@H](O[C@@H]2[C@@H](OC[C@@H](O)[C@@H](O)[C@H](O[C@H]3O[C@H](CO)[C@@H](O)[C@H](O)[C@@H]3O[C@@H]3O[C@H](CO)[C@@H](O)[C@H](O)[C@H]3NC(C)=O)[C@H](O)CO)O[C@H](CO)[C@@H](O)[C@@H]2O)O[C@H](CO)[C@@H](O)[C@@H]1O. The van der Waals surface area contributed by atoms with Crippen LogP contribution in [0.3, 0.4) is 0 Å². The minimum atomic E-state index is -2.34. The zero-order valence-electron chi connectivity index (χ0n) is 33.3. The third-order valence-corrected chi connectivity index (χ3v) is 10.8. The predicted molar refractivity (Wildman–Crippen MR) is 192 cm³/mol. The van der Waals surface area contributed by atoms with Crippen molar-refractivity contribution in [3.8, 4) is 0 Å². The molecule has 28 nitrogen and oxygen atoms in total. The van der Waals surface area contributed by atoms with Crippen molar-refractivity contribution in [1.29, 1.82) is 0 Å². The minimum absolute atomic E-state index is 0.743. The van der Waals surface area contributed by atoms with Gasteiger partial charge in [-0.3, -0.25) is 9.59 Å². The van der Waals surface area contributed by atoms with E-state index in [1.54, 1.807) is 0 Å². The summed E-state index contributed by atoms with van der Waals surface area (Å²) < 4.78 is 45.0. The van der Waals surface area contributed by atoms with E-state index >= 15 is 0 Å². The summed E-state index contributed by atoms with van der Waals surface area (Å²) in [6.45, 7) is -3.79. The Kier molecular flexibility index (Phi) is 19.9. The van der Waals surface area contributed by atoms with Crippen LogP contribution >= 0.6 is 0 Å². The summed E-state index contributed by atoms with van der Waals surface area (Å²) in [5, 5.41) is 173. The van der Waals surface area contributed by atoms with Gasteiger partial charge in [-0.15, -0.1) is 0 Å². The van der Waals surface area contributed by atoms with E-state index in [2.05, 4.69) is 10.6 Å². The van der Waals surface area contributed by atoms with Gasteiger partial charge in [-0.05, 0) is 0 Å². The fourth-order valence-electron chi connectivity index (χ4n) is 7.30. The van der Waals surface area contributed by atoms with E-state index in [4.69, 9.17) is 37.9 Å². The van der Waals surface area contributed by atoms with Crippen LogP contribution < -0.4 is 10.6 Å². The first-order valence-corrected chi connectivity index (χ1v) is 19.5. The maximum atomic E-state index is 12.0. The maximum Gasteiger partial charge on any atom is 0.217 e. The average molecular weight is 913 g/mol. The van der Waals surface area contributed by atoms with E-state index in [1.807, 2.05) is 0 Å². The third kappa shape index (κ3) is 12.1. The molecule has 0 aromatic rings. The number of ether oxygens (including phenoxy) is 8. The monoisotopic (exact) mass is 912 g/mol. The molecule has 362 valence electrons. The third-order valence-electron chi connectivity index (χ3n) is 10.8. The highest BCUT2D eigenvalue weighted by molar-refractivity contribution is 5.73. The van der Waals surface area contributed by atoms with Crippen LogP contribution in [0, 0.1) is 0 Å². The van der Waals surface area contributed by atoms with Crippen molar-refractivity contribution < 1.29 is 129 Å². The lowest BCUT2D eigenvalue weighted by atomic mass is 9.95. The van der Waals surface area contributed by atoms with Gasteiger partial charge in [0.1, 0.15) is 122 Å². The minimum Gasteiger partial charge on any atom is -0.394 e. The molecule has 24 atom stereocenters. The van der Waals surface area contributed by atoms with E-state index in [0.717, 1.165) is 13.8 Å². The van der Waals surface area contributed by atoms with Crippen LogP contribution in [-0.2, 0) is 47.5 Å². The Bertz CT molecular complexity index is 1390. The normalized spacial score (nSPS) is 43.6. The highest BCUT2D eigenvalue weighted by Crippen LogP contribution is 2.33. The fraction of sp³-hybridized carbons (Fsp3) is 0.941. The molecule has 0 aromatic heterocycles. The van der Waals surface area contributed by atoms with Gasteiger partial charge in [-0.1, -0.05) is 0 Å². The molecular weight excluding hydrogens is 852 g/mol. The average Bonchev–Trinajstić information content (AvgIpc) is 3.24. The first kappa shape index (κ1) is 52.6. The molecule has 4 fully saturated rings. The summed E-state index contributed by atoms with van der Waals surface area (Å²) in [5.41, 5.74) is 0. The van der Waals surface area contributed by atoms with Crippen LogP contribution in [0.15, 0.2) is 0 Å². The summed E-state index contributed by atoms with van der Waals surface area (Å²) in [5.74, 6) is -1.51. The zero-order valence-corrected chi connectivity index (χ0v) is 33.3. The van der Waals surface area contributed by atoms with Crippen molar-refractivity contribution in [2.45, 2.75) is 161 Å². The molecular formula is C34H60N2O26. The molecule has 4 aliphatic heterocycles. The number of aliphatic hydroxyl groups is 16. The van der Waals surface area contributed by atoms with Crippen molar-refractivity contribution in [1.82, 2.24) is 10.6 Å². The summed E-state index contributed by atoms with van der Waals surface area (Å²) in [6, 6.07) is -3.17. The van der Waals surface area contributed by atoms with Gasteiger partial charge in [0.25, 0.3) is 0 Å². The van der Waals surface area contributed by atoms with E-state index < -0.39 is 199 Å². The van der Waals surface area contributed by atoms with E-state index in [0.29, 0.717) is 0 Å². The molecule has 28 heteroatoms. The molecule has 4 heterocycles. The van der Waals surface area contributed by atoms with Crippen LogP contribution in [-0.4, -0.2) is 280 Å². The van der Waals surface area contributed by atoms with Crippen LogP contribution in [0.1, 0.15) is 13.8 Å². The number of aliphatic hydroxyl groups excluding tert-OH is 16. The van der Waals surface area contributed by atoms with Crippen molar-refractivity contribution in [3.63, 3.8) is 0 Å². The molecule has 0 unspecified atom stereocenters. The first-order chi connectivity index (χ1) is 29.2. The van der Waals surface area contributed by atoms with Gasteiger partial charge in [-0.25, -0.2) is 0 Å². The number of nitrogens with one attached hydrogen (secondary N) is 2. The molecule has 18 N–H and O–H groups in total. The second-order valence-electron chi connectivity index (χ2n) is 15.2. The van der Waals surface area contributed by atoms with Crippen molar-refractivity contribution in [2.24, 2.45) is 0 Å². The van der Waals surface area contributed by atoms with Crippen molar-refractivity contribution >= 4 is 11.8 Å². The molecule has 4 aliphatic rings. The Morgan fingerprint density at radius 2 is 0.871 bits per heavy atom. The summed E-state index contributed by atoms with van der Waals surface area (Å²) in [4.78, 5) is 23.9.